The van der Waals surface area contributed by atoms with E-state index < -0.39 is 17.7 Å². The van der Waals surface area contributed by atoms with Crippen molar-refractivity contribution in [1.29, 1.82) is 0 Å². The number of halogens is 1. The Hall–Kier alpha value is -4.00. The van der Waals surface area contributed by atoms with E-state index in [0.717, 1.165) is 11.6 Å². The molecule has 3 rings (SSSR count). The minimum atomic E-state index is -0.676. The average Bonchev–Trinajstić information content (AvgIpc) is 2.73. The van der Waals surface area contributed by atoms with Crippen LogP contribution in [0.15, 0.2) is 77.9 Å². The second kappa shape index (κ2) is 9.97. The number of esters is 1. The highest BCUT2D eigenvalue weighted by Gasteiger charge is 2.09. The van der Waals surface area contributed by atoms with Crippen LogP contribution in [0.25, 0.3) is 0 Å². The van der Waals surface area contributed by atoms with Gasteiger partial charge in [0.15, 0.2) is 6.61 Å². The van der Waals surface area contributed by atoms with Gasteiger partial charge < -0.3 is 9.47 Å². The van der Waals surface area contributed by atoms with Crippen LogP contribution in [0.4, 0.5) is 4.39 Å². The average molecular weight is 406 g/mol. The molecule has 7 heteroatoms. The Balaban J connectivity index is 1.51. The van der Waals surface area contributed by atoms with Crippen molar-refractivity contribution in [1.82, 2.24) is 5.43 Å². The second-order valence-electron chi connectivity index (χ2n) is 6.37. The molecule has 0 fully saturated rings. The molecule has 0 bridgehead atoms. The predicted molar refractivity (Wildman–Crippen MR) is 110 cm³/mol. The van der Waals surface area contributed by atoms with Crippen molar-refractivity contribution in [2.45, 2.75) is 6.92 Å². The summed E-state index contributed by atoms with van der Waals surface area (Å²) >= 11 is 0. The Bertz CT molecular complexity index is 1060. The molecule has 3 aromatic carbocycles. The van der Waals surface area contributed by atoms with E-state index in [2.05, 4.69) is 10.5 Å². The summed E-state index contributed by atoms with van der Waals surface area (Å²) in [5, 5.41) is 3.86. The van der Waals surface area contributed by atoms with Crippen molar-refractivity contribution in [3.63, 3.8) is 0 Å². The van der Waals surface area contributed by atoms with Crippen LogP contribution < -0.4 is 14.9 Å². The third kappa shape index (κ3) is 6.27. The van der Waals surface area contributed by atoms with Crippen molar-refractivity contribution in [3.8, 4) is 11.5 Å². The number of hydrogen-bond donors (Lipinski definition) is 1. The zero-order valence-electron chi connectivity index (χ0n) is 16.2. The zero-order valence-corrected chi connectivity index (χ0v) is 16.2. The van der Waals surface area contributed by atoms with E-state index in [1.165, 1.54) is 24.4 Å². The van der Waals surface area contributed by atoms with Crippen molar-refractivity contribution >= 4 is 18.1 Å². The predicted octanol–water partition coefficient (Wildman–Crippen LogP) is 3.88. The second-order valence-corrected chi connectivity index (χ2v) is 6.37. The first-order valence-electron chi connectivity index (χ1n) is 9.09. The Morgan fingerprint density at radius 1 is 1.00 bits per heavy atom. The smallest absolute Gasteiger partial charge is 0.343 e. The molecule has 1 amide bonds. The Morgan fingerprint density at radius 3 is 2.53 bits per heavy atom. The molecule has 0 aliphatic heterocycles. The van der Waals surface area contributed by atoms with Gasteiger partial charge in [0.1, 0.15) is 17.3 Å². The molecule has 1 N–H and O–H groups in total. The van der Waals surface area contributed by atoms with Crippen LogP contribution in [0.5, 0.6) is 11.5 Å². The maximum Gasteiger partial charge on any atom is 0.343 e. The normalized spacial score (nSPS) is 10.6. The quantitative estimate of drug-likeness (QED) is 0.280. The number of hydrazone groups is 1. The number of benzene rings is 3. The first kappa shape index (κ1) is 20.7. The van der Waals surface area contributed by atoms with Crippen LogP contribution in [-0.2, 0) is 4.79 Å². The number of nitrogens with zero attached hydrogens (tertiary/aromatic N) is 1. The lowest BCUT2D eigenvalue weighted by Gasteiger charge is -2.06. The van der Waals surface area contributed by atoms with Crippen LogP contribution in [-0.4, -0.2) is 24.7 Å². The third-order valence-electron chi connectivity index (χ3n) is 3.92. The minimum absolute atomic E-state index is 0.106. The van der Waals surface area contributed by atoms with Gasteiger partial charge in [0.05, 0.1) is 11.8 Å². The van der Waals surface area contributed by atoms with Gasteiger partial charge in [0, 0.05) is 0 Å². The summed E-state index contributed by atoms with van der Waals surface area (Å²) in [5.41, 5.74) is 4.16. The minimum Gasteiger partial charge on any atom is -0.484 e. The molecule has 3 aromatic rings. The summed E-state index contributed by atoms with van der Waals surface area (Å²) in [6.45, 7) is 1.79. The van der Waals surface area contributed by atoms with Crippen molar-refractivity contribution < 1.29 is 23.5 Å². The SMILES string of the molecule is Cc1ccc(OCC(=O)N/N=C/c2cccc(OC(=O)c3cccc(F)c3)c2)cc1. The first-order chi connectivity index (χ1) is 14.5. The molecule has 0 spiro atoms. The highest BCUT2D eigenvalue weighted by molar-refractivity contribution is 5.91. The number of rotatable bonds is 7. The molecule has 6 nitrogen and oxygen atoms in total. The lowest BCUT2D eigenvalue weighted by Crippen LogP contribution is -2.24. The molecule has 0 atom stereocenters. The number of amides is 1. The van der Waals surface area contributed by atoms with E-state index >= 15 is 0 Å². The largest absolute Gasteiger partial charge is 0.484 e. The molecule has 0 unspecified atom stereocenters. The van der Waals surface area contributed by atoms with E-state index in [1.807, 2.05) is 19.1 Å². The van der Waals surface area contributed by atoms with E-state index in [0.29, 0.717) is 11.3 Å². The fourth-order valence-electron chi connectivity index (χ4n) is 2.43. The van der Waals surface area contributed by atoms with Gasteiger partial charge in [-0.05, 0) is 55.0 Å². The lowest BCUT2D eigenvalue weighted by molar-refractivity contribution is -0.123. The fraction of sp³-hybridized carbons (Fsp3) is 0.0870. The van der Waals surface area contributed by atoms with Gasteiger partial charge in [-0.1, -0.05) is 35.9 Å². The molecule has 0 radical (unpaired) electrons. The van der Waals surface area contributed by atoms with Crippen LogP contribution >= 0.6 is 0 Å². The molecule has 30 heavy (non-hydrogen) atoms. The topological polar surface area (TPSA) is 77.0 Å². The molecule has 0 saturated carbocycles. The highest BCUT2D eigenvalue weighted by atomic mass is 19.1. The standard InChI is InChI=1S/C23H19FN2O4/c1-16-8-10-20(11-9-16)29-15-22(27)26-25-14-17-4-2-7-21(12-17)30-23(28)18-5-3-6-19(24)13-18/h2-14H,15H2,1H3,(H,26,27)/b25-14+. The summed E-state index contributed by atoms with van der Waals surface area (Å²) < 4.78 is 23.8. The Kier molecular flexibility index (Phi) is 6.89. The summed E-state index contributed by atoms with van der Waals surface area (Å²) in [7, 11) is 0. The zero-order chi connectivity index (χ0) is 21.3. The lowest BCUT2D eigenvalue weighted by atomic mass is 10.2. The van der Waals surface area contributed by atoms with Gasteiger partial charge in [0.25, 0.3) is 5.91 Å². The summed E-state index contributed by atoms with van der Waals surface area (Å²) in [4.78, 5) is 23.9. The van der Waals surface area contributed by atoms with Gasteiger partial charge in [0.2, 0.25) is 0 Å². The van der Waals surface area contributed by atoms with Crippen molar-refractivity contribution in [2.24, 2.45) is 5.10 Å². The third-order valence-corrected chi connectivity index (χ3v) is 3.92. The first-order valence-corrected chi connectivity index (χ1v) is 9.09. The molecule has 0 aromatic heterocycles. The molecule has 152 valence electrons. The number of nitrogens with one attached hydrogen (secondary N) is 1. The van der Waals surface area contributed by atoms with Crippen LogP contribution in [0, 0.1) is 12.7 Å². The Morgan fingerprint density at radius 2 is 1.77 bits per heavy atom. The summed E-state index contributed by atoms with van der Waals surface area (Å²) in [6.07, 6.45) is 1.41. The number of hydrogen-bond acceptors (Lipinski definition) is 5. The van der Waals surface area contributed by atoms with Crippen molar-refractivity contribution in [3.05, 3.63) is 95.3 Å². The van der Waals surface area contributed by atoms with Crippen LogP contribution in [0.1, 0.15) is 21.5 Å². The number of carbonyl (C=O) groups excluding carboxylic acids is 2. The number of aryl methyl sites for hydroxylation is 1. The maximum absolute atomic E-state index is 13.2. The molecular weight excluding hydrogens is 387 g/mol. The van der Waals surface area contributed by atoms with Gasteiger partial charge >= 0.3 is 5.97 Å². The van der Waals surface area contributed by atoms with Crippen LogP contribution in [0.2, 0.25) is 0 Å². The maximum atomic E-state index is 13.2. The van der Waals surface area contributed by atoms with Gasteiger partial charge in [-0.3, -0.25) is 4.79 Å². The summed E-state index contributed by atoms with van der Waals surface area (Å²) in [5.74, 6) is -0.757. The van der Waals surface area contributed by atoms with Gasteiger partial charge in [-0.2, -0.15) is 5.10 Å². The molecular formula is C23H19FN2O4. The van der Waals surface area contributed by atoms with E-state index in [4.69, 9.17) is 9.47 Å². The molecule has 0 saturated heterocycles. The van der Waals surface area contributed by atoms with Crippen molar-refractivity contribution in [2.75, 3.05) is 6.61 Å². The fourth-order valence-corrected chi connectivity index (χ4v) is 2.43. The highest BCUT2D eigenvalue weighted by Crippen LogP contribution is 2.15. The summed E-state index contributed by atoms with van der Waals surface area (Å²) in [6, 6.07) is 19.1. The van der Waals surface area contributed by atoms with E-state index in [9.17, 15) is 14.0 Å². The van der Waals surface area contributed by atoms with Crippen LogP contribution in [0.3, 0.4) is 0 Å². The number of ether oxygens (including phenoxy) is 2. The van der Waals surface area contributed by atoms with Gasteiger partial charge in [-0.25, -0.2) is 14.6 Å². The van der Waals surface area contributed by atoms with Gasteiger partial charge in [-0.15, -0.1) is 0 Å². The number of carbonyl (C=O) groups is 2. The van der Waals surface area contributed by atoms with E-state index in [1.54, 1.807) is 36.4 Å². The van der Waals surface area contributed by atoms with E-state index in [-0.39, 0.29) is 17.9 Å². The molecule has 0 aliphatic rings. The monoisotopic (exact) mass is 406 g/mol. The molecule has 0 heterocycles. The Labute approximate surface area is 173 Å². The molecule has 0 aliphatic carbocycles.